The number of hydrogen-bond acceptors (Lipinski definition) is 4. The Labute approximate surface area is 189 Å². The molecular weight excluding hydrogens is 447 g/mol. The van der Waals surface area contributed by atoms with E-state index >= 15 is 0 Å². The highest BCUT2D eigenvalue weighted by Crippen LogP contribution is 2.24. The third kappa shape index (κ3) is 4.24. The van der Waals surface area contributed by atoms with Crippen molar-refractivity contribution in [2.45, 2.75) is 4.90 Å². The van der Waals surface area contributed by atoms with Gasteiger partial charge < -0.3 is 5.32 Å². The number of nitrogens with one attached hydrogen (secondary N) is 1. The van der Waals surface area contributed by atoms with E-state index in [9.17, 15) is 22.4 Å². The summed E-state index contributed by atoms with van der Waals surface area (Å²) in [5.74, 6) is -1.14. The van der Waals surface area contributed by atoms with Gasteiger partial charge in [0, 0.05) is 19.8 Å². The summed E-state index contributed by atoms with van der Waals surface area (Å²) in [7, 11) is -0.863. The first-order chi connectivity index (χ1) is 15.7. The fraction of sp³-hybridized carbons (Fsp3) is 0.130. The third-order valence-corrected chi connectivity index (χ3v) is 7.08. The van der Waals surface area contributed by atoms with Gasteiger partial charge in [-0.15, -0.1) is 0 Å². The Kier molecular flexibility index (Phi) is 5.77. The zero-order chi connectivity index (χ0) is 23.8. The average Bonchev–Trinajstić information content (AvgIpc) is 3.02. The van der Waals surface area contributed by atoms with Gasteiger partial charge in [-0.2, -0.15) is 0 Å². The van der Waals surface area contributed by atoms with Crippen molar-refractivity contribution in [2.24, 2.45) is 14.1 Å². The van der Waals surface area contributed by atoms with Crippen LogP contribution in [0.2, 0.25) is 0 Å². The summed E-state index contributed by atoms with van der Waals surface area (Å²) in [6.45, 7) is -0.504. The maximum Gasteiger partial charge on any atom is 0.328 e. The maximum absolute atomic E-state index is 13.3. The standard InChI is InChI=1S/C23H21FN4O4S/c1-26-20-13-10-17(14-21(20)27(2)23(26)30)25-22(29)15-28(18-6-4-3-5-7-18)33(31,32)19-11-8-16(24)9-12-19/h3-14H,15H2,1-2H3,(H,25,29). The molecule has 0 aliphatic carbocycles. The van der Waals surface area contributed by atoms with Crippen LogP contribution in [0.3, 0.4) is 0 Å². The van der Waals surface area contributed by atoms with Crippen LogP contribution in [0, 0.1) is 5.82 Å². The lowest BCUT2D eigenvalue weighted by Crippen LogP contribution is -2.38. The summed E-state index contributed by atoms with van der Waals surface area (Å²) in [6, 6.07) is 17.6. The van der Waals surface area contributed by atoms with Gasteiger partial charge in [-0.25, -0.2) is 17.6 Å². The fourth-order valence-electron chi connectivity index (χ4n) is 3.56. The summed E-state index contributed by atoms with van der Waals surface area (Å²) in [5.41, 5.74) is 1.83. The van der Waals surface area contributed by atoms with Gasteiger partial charge in [0.15, 0.2) is 0 Å². The number of carbonyl (C=O) groups excluding carboxylic acids is 1. The predicted octanol–water partition coefficient (Wildman–Crippen LogP) is 2.85. The number of carbonyl (C=O) groups is 1. The summed E-state index contributed by atoms with van der Waals surface area (Å²) in [5, 5.41) is 2.69. The lowest BCUT2D eigenvalue weighted by Gasteiger charge is -2.24. The number of hydrogen-bond donors (Lipinski definition) is 1. The third-order valence-electron chi connectivity index (χ3n) is 5.29. The molecule has 1 heterocycles. The van der Waals surface area contributed by atoms with E-state index in [-0.39, 0.29) is 16.3 Å². The summed E-state index contributed by atoms with van der Waals surface area (Å²) < 4.78 is 43.8. The van der Waals surface area contributed by atoms with Crippen LogP contribution in [-0.4, -0.2) is 30.0 Å². The second-order valence-electron chi connectivity index (χ2n) is 7.45. The number of aryl methyl sites for hydroxylation is 2. The Hall–Kier alpha value is -3.92. The van der Waals surface area contributed by atoms with Crippen LogP contribution in [0.25, 0.3) is 11.0 Å². The van der Waals surface area contributed by atoms with Crippen LogP contribution in [0.5, 0.6) is 0 Å². The molecule has 0 spiro atoms. The average molecular weight is 469 g/mol. The van der Waals surface area contributed by atoms with Gasteiger partial charge in [0.05, 0.1) is 21.6 Å². The summed E-state index contributed by atoms with van der Waals surface area (Å²) >= 11 is 0. The van der Waals surface area contributed by atoms with Crippen molar-refractivity contribution in [3.05, 3.63) is 89.1 Å². The highest BCUT2D eigenvalue weighted by Gasteiger charge is 2.27. The molecule has 0 fully saturated rings. The molecule has 8 nitrogen and oxygen atoms in total. The van der Waals surface area contributed by atoms with E-state index in [1.807, 2.05) is 0 Å². The molecule has 0 bridgehead atoms. The number of benzene rings is 3. The molecule has 0 radical (unpaired) electrons. The Balaban J connectivity index is 1.65. The lowest BCUT2D eigenvalue weighted by molar-refractivity contribution is -0.114. The van der Waals surface area contributed by atoms with Crippen molar-refractivity contribution in [3.8, 4) is 0 Å². The highest BCUT2D eigenvalue weighted by atomic mass is 32.2. The minimum Gasteiger partial charge on any atom is -0.324 e. The molecule has 0 saturated heterocycles. The Morgan fingerprint density at radius 3 is 2.24 bits per heavy atom. The molecule has 0 saturated carbocycles. The number of rotatable bonds is 6. The Morgan fingerprint density at radius 1 is 0.939 bits per heavy atom. The summed E-state index contributed by atoms with van der Waals surface area (Å²) in [4.78, 5) is 24.9. The van der Waals surface area contributed by atoms with Crippen LogP contribution >= 0.6 is 0 Å². The van der Waals surface area contributed by atoms with Gasteiger partial charge in [0.1, 0.15) is 12.4 Å². The molecule has 1 aromatic heterocycles. The van der Waals surface area contributed by atoms with Gasteiger partial charge in [0.25, 0.3) is 10.0 Å². The zero-order valence-corrected chi connectivity index (χ0v) is 18.7. The fourth-order valence-corrected chi connectivity index (χ4v) is 4.98. The maximum atomic E-state index is 13.3. The molecule has 10 heteroatoms. The minimum atomic E-state index is -4.14. The van der Waals surface area contributed by atoms with Gasteiger partial charge in [-0.3, -0.25) is 18.2 Å². The Bertz CT molecular complexity index is 1490. The minimum absolute atomic E-state index is 0.138. The molecule has 0 atom stereocenters. The quantitative estimate of drug-likeness (QED) is 0.471. The van der Waals surface area contributed by atoms with E-state index in [2.05, 4.69) is 5.32 Å². The number of aromatic nitrogens is 2. The molecule has 33 heavy (non-hydrogen) atoms. The van der Waals surface area contributed by atoms with E-state index in [1.54, 1.807) is 62.6 Å². The van der Waals surface area contributed by atoms with Crippen molar-refractivity contribution < 1.29 is 17.6 Å². The molecule has 1 amide bonds. The van der Waals surface area contributed by atoms with E-state index in [0.29, 0.717) is 16.7 Å². The zero-order valence-electron chi connectivity index (χ0n) is 17.9. The molecule has 0 aliphatic rings. The van der Waals surface area contributed by atoms with Crippen LogP contribution in [0.15, 0.2) is 82.5 Å². The molecular formula is C23H21FN4O4S. The van der Waals surface area contributed by atoms with E-state index in [0.717, 1.165) is 28.6 Å². The van der Waals surface area contributed by atoms with Crippen molar-refractivity contribution in [3.63, 3.8) is 0 Å². The molecule has 3 aromatic carbocycles. The van der Waals surface area contributed by atoms with Crippen molar-refractivity contribution in [2.75, 3.05) is 16.2 Å². The van der Waals surface area contributed by atoms with E-state index in [1.165, 1.54) is 9.13 Å². The number of amides is 1. The largest absolute Gasteiger partial charge is 0.328 e. The molecule has 170 valence electrons. The molecule has 0 unspecified atom stereocenters. The van der Waals surface area contributed by atoms with E-state index in [4.69, 9.17) is 0 Å². The number of fused-ring (bicyclic) bond motifs is 1. The number of para-hydroxylation sites is 1. The summed E-state index contributed by atoms with van der Waals surface area (Å²) in [6.07, 6.45) is 0. The van der Waals surface area contributed by atoms with Gasteiger partial charge in [-0.05, 0) is 54.6 Å². The number of nitrogens with zero attached hydrogens (tertiary/aromatic N) is 3. The topological polar surface area (TPSA) is 93.4 Å². The Morgan fingerprint density at radius 2 is 1.58 bits per heavy atom. The number of halogens is 1. The van der Waals surface area contributed by atoms with Gasteiger partial charge in [0.2, 0.25) is 5.91 Å². The van der Waals surface area contributed by atoms with E-state index < -0.39 is 28.3 Å². The van der Waals surface area contributed by atoms with Crippen LogP contribution < -0.4 is 15.3 Å². The lowest BCUT2D eigenvalue weighted by atomic mass is 10.2. The number of imidazole rings is 1. The molecule has 4 rings (SSSR count). The SMILES string of the molecule is Cn1c(=O)n(C)c2cc(NC(=O)CN(c3ccccc3)S(=O)(=O)c3ccc(F)cc3)ccc21. The van der Waals surface area contributed by atoms with Gasteiger partial charge >= 0.3 is 5.69 Å². The second-order valence-corrected chi connectivity index (χ2v) is 9.32. The first-order valence-electron chi connectivity index (χ1n) is 9.97. The normalized spacial score (nSPS) is 11.5. The monoisotopic (exact) mass is 468 g/mol. The number of anilines is 2. The van der Waals surface area contributed by atoms with Crippen LogP contribution in [-0.2, 0) is 28.9 Å². The highest BCUT2D eigenvalue weighted by molar-refractivity contribution is 7.92. The molecule has 0 aliphatic heterocycles. The van der Waals surface area contributed by atoms with Crippen LogP contribution in [0.1, 0.15) is 0 Å². The van der Waals surface area contributed by atoms with Crippen molar-refractivity contribution in [1.82, 2.24) is 9.13 Å². The first kappa shape index (κ1) is 22.3. The van der Waals surface area contributed by atoms with Crippen molar-refractivity contribution >= 4 is 38.3 Å². The van der Waals surface area contributed by atoms with Crippen molar-refractivity contribution in [1.29, 1.82) is 0 Å². The number of sulfonamides is 1. The predicted molar refractivity (Wildman–Crippen MR) is 124 cm³/mol. The smallest absolute Gasteiger partial charge is 0.324 e. The van der Waals surface area contributed by atoms with Crippen LogP contribution in [0.4, 0.5) is 15.8 Å². The first-order valence-corrected chi connectivity index (χ1v) is 11.4. The molecule has 1 N–H and O–H groups in total. The molecule has 4 aromatic rings. The second kappa shape index (κ2) is 8.55. The van der Waals surface area contributed by atoms with Gasteiger partial charge in [-0.1, -0.05) is 18.2 Å².